The summed E-state index contributed by atoms with van der Waals surface area (Å²) in [6.07, 6.45) is 2.25. The third-order valence-electron chi connectivity index (χ3n) is 2.40. The monoisotopic (exact) mass is 293 g/mol. The second-order valence-electron chi connectivity index (χ2n) is 4.45. The quantitative estimate of drug-likeness (QED) is 0.704. The van der Waals surface area contributed by atoms with Crippen LogP contribution >= 0.6 is 15.9 Å². The molecule has 0 aliphatic heterocycles. The molecule has 0 atom stereocenters. The van der Waals surface area contributed by atoms with Crippen LogP contribution in [0.4, 0.5) is 0 Å². The van der Waals surface area contributed by atoms with E-state index in [1.54, 1.807) is 0 Å². The fraction of sp³-hybridized carbons (Fsp3) is 0.333. The second-order valence-corrected chi connectivity index (χ2v) is 5.58. The molecule has 1 nitrogen and oxygen atoms in total. The highest BCUT2D eigenvalue weighted by molar-refractivity contribution is 9.11. The van der Waals surface area contributed by atoms with Gasteiger partial charge in [-0.25, -0.2) is 0 Å². The lowest BCUT2D eigenvalue weighted by Gasteiger charge is -2.20. The Hall–Kier alpha value is -0.860. The van der Waals surface area contributed by atoms with Crippen molar-refractivity contribution in [3.8, 4) is 0 Å². The van der Waals surface area contributed by atoms with E-state index in [0.717, 1.165) is 24.1 Å². The van der Waals surface area contributed by atoms with Crippen molar-refractivity contribution in [2.24, 2.45) is 0 Å². The molecule has 0 aromatic heterocycles. The minimum Gasteiger partial charge on any atom is -0.291 e. The van der Waals surface area contributed by atoms with E-state index < -0.39 is 0 Å². The number of hydrogen-bond donors (Lipinski definition) is 0. The summed E-state index contributed by atoms with van der Waals surface area (Å²) in [4.78, 5) is 2.36. The average Bonchev–Trinajstić information content (AvgIpc) is 2.26. The maximum Gasteiger partial charge on any atom is 0.0300 e. The Balaban J connectivity index is 2.63. The molecule has 0 aliphatic carbocycles. The van der Waals surface area contributed by atoms with E-state index in [-0.39, 0.29) is 0 Å². The molecule has 0 N–H and O–H groups in total. The maximum absolute atomic E-state index is 3.92. The molecule has 0 saturated heterocycles. The molecule has 0 spiro atoms. The van der Waals surface area contributed by atoms with Gasteiger partial charge in [-0.15, -0.1) is 0 Å². The Labute approximate surface area is 113 Å². The van der Waals surface area contributed by atoms with Gasteiger partial charge in [-0.1, -0.05) is 64.5 Å². The minimum absolute atomic E-state index is 0.874. The van der Waals surface area contributed by atoms with Crippen molar-refractivity contribution in [2.75, 3.05) is 13.1 Å². The number of nitrogens with zero attached hydrogens (tertiary/aromatic N) is 1. The van der Waals surface area contributed by atoms with Gasteiger partial charge in [0.15, 0.2) is 0 Å². The van der Waals surface area contributed by atoms with E-state index >= 15 is 0 Å². The molecule has 2 heteroatoms. The van der Waals surface area contributed by atoms with Crippen LogP contribution < -0.4 is 0 Å². The van der Waals surface area contributed by atoms with Crippen molar-refractivity contribution < 1.29 is 0 Å². The Morgan fingerprint density at radius 1 is 1.29 bits per heavy atom. The second kappa shape index (κ2) is 7.46. The molecule has 92 valence electrons. The predicted molar refractivity (Wildman–Crippen MR) is 79.2 cm³/mol. The molecular formula is C15H20BrN. The number of rotatable bonds is 6. The summed E-state index contributed by atoms with van der Waals surface area (Å²) in [5.41, 5.74) is 2.69. The lowest BCUT2D eigenvalue weighted by molar-refractivity contribution is 0.325. The van der Waals surface area contributed by atoms with Gasteiger partial charge < -0.3 is 0 Å². The third kappa shape index (κ3) is 6.44. The summed E-state index contributed by atoms with van der Waals surface area (Å²) in [5, 5.41) is 0. The van der Waals surface area contributed by atoms with Gasteiger partial charge in [0.1, 0.15) is 0 Å². The molecule has 0 amide bonds. The van der Waals surface area contributed by atoms with Crippen molar-refractivity contribution in [2.45, 2.75) is 20.4 Å². The first-order valence-electron chi connectivity index (χ1n) is 5.81. The molecule has 0 bridgehead atoms. The molecule has 0 fully saturated rings. The lowest BCUT2D eigenvalue weighted by Crippen LogP contribution is -2.24. The Morgan fingerprint density at radius 3 is 2.47 bits per heavy atom. The van der Waals surface area contributed by atoms with Crippen LogP contribution in [0.3, 0.4) is 0 Å². The van der Waals surface area contributed by atoms with Gasteiger partial charge in [0.25, 0.3) is 0 Å². The summed E-state index contributed by atoms with van der Waals surface area (Å²) in [6.45, 7) is 11.0. The highest BCUT2D eigenvalue weighted by Crippen LogP contribution is 2.10. The molecular weight excluding hydrogens is 274 g/mol. The fourth-order valence-corrected chi connectivity index (χ4v) is 1.94. The first-order chi connectivity index (χ1) is 8.08. The Kier molecular flexibility index (Phi) is 6.23. The summed E-state index contributed by atoms with van der Waals surface area (Å²) in [7, 11) is 0. The molecule has 0 aliphatic rings. The van der Waals surface area contributed by atoms with Crippen molar-refractivity contribution in [3.05, 3.63) is 58.6 Å². The van der Waals surface area contributed by atoms with Gasteiger partial charge in [-0.2, -0.15) is 0 Å². The lowest BCUT2D eigenvalue weighted by atomic mass is 10.2. The van der Waals surface area contributed by atoms with E-state index in [2.05, 4.69) is 71.6 Å². The fourth-order valence-electron chi connectivity index (χ4n) is 1.58. The highest BCUT2D eigenvalue weighted by Gasteiger charge is 2.04. The molecule has 0 radical (unpaired) electrons. The van der Waals surface area contributed by atoms with Crippen molar-refractivity contribution in [1.29, 1.82) is 0 Å². The molecule has 0 heterocycles. The van der Waals surface area contributed by atoms with E-state index in [1.165, 1.54) is 11.1 Å². The maximum atomic E-state index is 3.92. The molecule has 17 heavy (non-hydrogen) atoms. The van der Waals surface area contributed by atoms with Crippen molar-refractivity contribution in [1.82, 2.24) is 4.90 Å². The third-order valence-corrected chi connectivity index (χ3v) is 2.65. The van der Waals surface area contributed by atoms with Crippen LogP contribution in [0, 0.1) is 0 Å². The van der Waals surface area contributed by atoms with Gasteiger partial charge >= 0.3 is 0 Å². The standard InChI is InChI=1S/C15H20BrN/c1-13(2)9-10-17(11-14(3)16)12-15-7-5-4-6-8-15/h4-9H,3,10-12H2,1-2H3. The topological polar surface area (TPSA) is 3.24 Å². The zero-order chi connectivity index (χ0) is 12.7. The smallest absolute Gasteiger partial charge is 0.0300 e. The summed E-state index contributed by atoms with van der Waals surface area (Å²) in [5.74, 6) is 0. The van der Waals surface area contributed by atoms with Gasteiger partial charge in [0, 0.05) is 24.1 Å². The van der Waals surface area contributed by atoms with Gasteiger partial charge in [0.05, 0.1) is 0 Å². The summed E-state index contributed by atoms with van der Waals surface area (Å²) < 4.78 is 1.02. The van der Waals surface area contributed by atoms with Gasteiger partial charge in [0.2, 0.25) is 0 Å². The zero-order valence-electron chi connectivity index (χ0n) is 10.6. The molecule has 1 rings (SSSR count). The average molecular weight is 294 g/mol. The SMILES string of the molecule is C=C(Br)CN(CC=C(C)C)Cc1ccccc1. The van der Waals surface area contributed by atoms with Crippen molar-refractivity contribution >= 4 is 15.9 Å². The van der Waals surface area contributed by atoms with Crippen LogP contribution in [0.5, 0.6) is 0 Å². The number of hydrogen-bond acceptors (Lipinski definition) is 1. The van der Waals surface area contributed by atoms with Gasteiger partial charge in [-0.3, -0.25) is 4.90 Å². The van der Waals surface area contributed by atoms with Crippen LogP contribution in [0.25, 0.3) is 0 Å². The minimum atomic E-state index is 0.874. The molecule has 1 aromatic carbocycles. The largest absolute Gasteiger partial charge is 0.291 e. The number of allylic oxidation sites excluding steroid dienone is 1. The Morgan fingerprint density at radius 2 is 1.94 bits per heavy atom. The van der Waals surface area contributed by atoms with E-state index in [4.69, 9.17) is 0 Å². The van der Waals surface area contributed by atoms with Crippen LogP contribution in [0.15, 0.2) is 53.0 Å². The molecule has 0 unspecified atom stereocenters. The van der Waals surface area contributed by atoms with Gasteiger partial charge in [-0.05, 0) is 19.4 Å². The zero-order valence-corrected chi connectivity index (χ0v) is 12.2. The van der Waals surface area contributed by atoms with Crippen LogP contribution in [0.1, 0.15) is 19.4 Å². The first kappa shape index (κ1) is 14.2. The summed E-state index contributed by atoms with van der Waals surface area (Å²) >= 11 is 3.44. The van der Waals surface area contributed by atoms with Crippen LogP contribution in [0.2, 0.25) is 0 Å². The van der Waals surface area contributed by atoms with E-state index in [1.807, 2.05) is 6.07 Å². The van der Waals surface area contributed by atoms with Crippen LogP contribution in [-0.2, 0) is 6.54 Å². The number of halogens is 1. The number of benzene rings is 1. The van der Waals surface area contributed by atoms with E-state index in [9.17, 15) is 0 Å². The normalized spacial score (nSPS) is 10.4. The Bertz CT molecular complexity index is 377. The predicted octanol–water partition coefficient (Wildman–Crippen LogP) is 4.36. The van der Waals surface area contributed by atoms with Crippen LogP contribution in [-0.4, -0.2) is 18.0 Å². The first-order valence-corrected chi connectivity index (χ1v) is 6.60. The molecule has 0 saturated carbocycles. The summed E-state index contributed by atoms with van der Waals surface area (Å²) in [6, 6.07) is 10.5. The highest BCUT2D eigenvalue weighted by atomic mass is 79.9. The van der Waals surface area contributed by atoms with Crippen molar-refractivity contribution in [3.63, 3.8) is 0 Å². The van der Waals surface area contributed by atoms with E-state index in [0.29, 0.717) is 0 Å². The molecule has 1 aromatic rings.